The fourth-order valence-corrected chi connectivity index (χ4v) is 0.578. The van der Waals surface area contributed by atoms with Gasteiger partial charge in [-0.1, -0.05) is 12.0 Å². The van der Waals surface area contributed by atoms with E-state index in [0.717, 1.165) is 0 Å². The van der Waals surface area contributed by atoms with E-state index in [2.05, 4.69) is 11.8 Å². The molecule has 0 saturated heterocycles. The highest BCUT2D eigenvalue weighted by Crippen LogP contribution is 2.08. The van der Waals surface area contributed by atoms with E-state index in [-0.39, 0.29) is 11.2 Å². The predicted octanol–water partition coefficient (Wildman–Crippen LogP) is 3.47. The highest BCUT2D eigenvalue weighted by Gasteiger charge is 2.00. The van der Waals surface area contributed by atoms with Gasteiger partial charge in [-0.2, -0.15) is 0 Å². The third kappa shape index (κ3) is 7.35. The van der Waals surface area contributed by atoms with Crippen LogP contribution >= 0.6 is 0 Å². The molecule has 0 aliphatic carbocycles. The topological polar surface area (TPSA) is 0 Å². The lowest BCUT2D eigenvalue weighted by Crippen LogP contribution is -1.97. The highest BCUT2D eigenvalue weighted by atomic mass is 19.1. The molecule has 1 heteroatoms. The van der Waals surface area contributed by atoms with Crippen LogP contribution in [0, 0.1) is 35.9 Å². The van der Waals surface area contributed by atoms with Crippen molar-refractivity contribution in [2.24, 2.45) is 5.41 Å². The van der Waals surface area contributed by atoms with Crippen molar-refractivity contribution in [2.75, 3.05) is 0 Å². The minimum Gasteiger partial charge on any atom is -0.207 e. The van der Waals surface area contributed by atoms with E-state index in [0.29, 0.717) is 5.56 Å². The van der Waals surface area contributed by atoms with Crippen LogP contribution in [0.3, 0.4) is 0 Å². The zero-order valence-corrected chi connectivity index (χ0v) is 9.34. The molecule has 1 aromatic carbocycles. The van der Waals surface area contributed by atoms with E-state index < -0.39 is 0 Å². The average molecular weight is 202 g/mol. The molecule has 78 valence electrons. The first-order valence-electron chi connectivity index (χ1n) is 4.59. The number of benzene rings is 1. The lowest BCUT2D eigenvalue weighted by molar-refractivity contribution is 0.571. The summed E-state index contributed by atoms with van der Waals surface area (Å²) in [4.78, 5) is 0. The van der Waals surface area contributed by atoms with Crippen LogP contribution in [0.25, 0.3) is 0 Å². The summed E-state index contributed by atoms with van der Waals surface area (Å²) in [6.45, 7) is 6.02. The zero-order valence-electron chi connectivity index (χ0n) is 9.34. The normalized spacial score (nSPS) is 9.20. The monoisotopic (exact) mass is 202 g/mol. The molecule has 0 aliphatic heterocycles. The molecule has 0 aromatic heterocycles. The second kappa shape index (κ2) is 5.89. The van der Waals surface area contributed by atoms with Crippen LogP contribution in [0.15, 0.2) is 24.3 Å². The maximum Gasteiger partial charge on any atom is 0.124 e. The van der Waals surface area contributed by atoms with Gasteiger partial charge in [0.2, 0.25) is 0 Å². The van der Waals surface area contributed by atoms with Crippen molar-refractivity contribution in [3.8, 4) is 24.7 Å². The molecule has 0 N–H and O–H groups in total. The van der Waals surface area contributed by atoms with Crippen LogP contribution in [-0.2, 0) is 0 Å². The SMILES string of the molecule is C#CC(C)(C)C.C#Cc1cccc(F)c1. The summed E-state index contributed by atoms with van der Waals surface area (Å²) in [5, 5.41) is 0. The van der Waals surface area contributed by atoms with Gasteiger partial charge in [-0.15, -0.1) is 18.8 Å². The Kier molecular flexibility index (Phi) is 5.21. The Balaban J connectivity index is 0.000000288. The Morgan fingerprint density at radius 2 is 1.73 bits per heavy atom. The van der Waals surface area contributed by atoms with Gasteiger partial charge in [-0.3, -0.25) is 0 Å². The molecule has 0 amide bonds. The standard InChI is InChI=1S/C8H5F.C6H10/c1-2-7-4-3-5-8(9)6-7;1-5-6(2,3)4/h1,3-6H;1H,2-4H3. The first kappa shape index (κ1) is 13.3. The Hall–Kier alpha value is -1.73. The van der Waals surface area contributed by atoms with Crippen molar-refractivity contribution < 1.29 is 4.39 Å². The Bertz CT molecular complexity index is 383. The number of halogens is 1. The van der Waals surface area contributed by atoms with Gasteiger partial charge in [-0.05, 0) is 39.0 Å². The van der Waals surface area contributed by atoms with E-state index in [1.807, 2.05) is 20.8 Å². The van der Waals surface area contributed by atoms with Gasteiger partial charge in [0.15, 0.2) is 0 Å². The quantitative estimate of drug-likeness (QED) is 0.565. The molecule has 0 unspecified atom stereocenters. The van der Waals surface area contributed by atoms with Gasteiger partial charge in [0.25, 0.3) is 0 Å². The predicted molar refractivity (Wildman–Crippen MR) is 62.6 cm³/mol. The van der Waals surface area contributed by atoms with E-state index in [9.17, 15) is 4.39 Å². The number of hydrogen-bond acceptors (Lipinski definition) is 0. The molecule has 0 spiro atoms. The van der Waals surface area contributed by atoms with Gasteiger partial charge in [-0.25, -0.2) is 4.39 Å². The van der Waals surface area contributed by atoms with E-state index in [4.69, 9.17) is 12.8 Å². The molecule has 1 aromatic rings. The highest BCUT2D eigenvalue weighted by molar-refractivity contribution is 5.31. The summed E-state index contributed by atoms with van der Waals surface area (Å²) in [5.41, 5.74) is 0.648. The van der Waals surface area contributed by atoms with E-state index in [1.165, 1.54) is 12.1 Å². The van der Waals surface area contributed by atoms with Crippen molar-refractivity contribution in [1.29, 1.82) is 0 Å². The minimum absolute atomic E-state index is 0.0694. The van der Waals surface area contributed by atoms with Crippen LogP contribution in [0.1, 0.15) is 26.3 Å². The molecular weight excluding hydrogens is 187 g/mol. The zero-order chi connectivity index (χ0) is 11.9. The second-order valence-electron chi connectivity index (χ2n) is 4.05. The van der Waals surface area contributed by atoms with Crippen LogP contribution in [-0.4, -0.2) is 0 Å². The van der Waals surface area contributed by atoms with Gasteiger partial charge in [0.05, 0.1) is 0 Å². The number of terminal acetylenes is 2. The summed E-state index contributed by atoms with van der Waals surface area (Å²) in [5.74, 6) is 4.65. The summed E-state index contributed by atoms with van der Waals surface area (Å²) >= 11 is 0. The summed E-state index contributed by atoms with van der Waals surface area (Å²) in [7, 11) is 0. The second-order valence-corrected chi connectivity index (χ2v) is 4.05. The van der Waals surface area contributed by atoms with Crippen LogP contribution in [0.5, 0.6) is 0 Å². The average Bonchev–Trinajstić information content (AvgIpc) is 2.18. The smallest absolute Gasteiger partial charge is 0.124 e. The molecule has 0 nitrogen and oxygen atoms in total. The molecule has 0 fully saturated rings. The third-order valence-corrected chi connectivity index (χ3v) is 1.42. The molecule has 0 atom stereocenters. The summed E-state index contributed by atoms with van der Waals surface area (Å²) < 4.78 is 12.3. The maximum atomic E-state index is 12.3. The Morgan fingerprint density at radius 1 is 1.20 bits per heavy atom. The molecular formula is C14H15F. The lowest BCUT2D eigenvalue weighted by Gasteiger charge is -2.04. The first-order valence-corrected chi connectivity index (χ1v) is 4.59. The van der Waals surface area contributed by atoms with Gasteiger partial charge < -0.3 is 0 Å². The molecule has 0 bridgehead atoms. The Morgan fingerprint density at radius 3 is 2.00 bits per heavy atom. The molecule has 0 radical (unpaired) electrons. The van der Waals surface area contributed by atoms with Gasteiger partial charge in [0.1, 0.15) is 5.82 Å². The summed E-state index contributed by atoms with van der Waals surface area (Å²) in [6, 6.07) is 5.95. The number of rotatable bonds is 0. The first-order chi connectivity index (χ1) is 6.89. The fraction of sp³-hybridized carbons (Fsp3) is 0.286. The lowest BCUT2D eigenvalue weighted by atomic mass is 9.99. The third-order valence-electron chi connectivity index (χ3n) is 1.42. The number of hydrogen-bond donors (Lipinski definition) is 0. The van der Waals surface area contributed by atoms with Crippen LogP contribution < -0.4 is 0 Å². The molecule has 0 saturated carbocycles. The molecule has 1 rings (SSSR count). The van der Waals surface area contributed by atoms with Crippen LogP contribution in [0.2, 0.25) is 0 Å². The van der Waals surface area contributed by atoms with Crippen molar-refractivity contribution in [3.05, 3.63) is 35.6 Å². The van der Waals surface area contributed by atoms with E-state index in [1.54, 1.807) is 12.1 Å². The fourth-order valence-electron chi connectivity index (χ4n) is 0.578. The minimum atomic E-state index is -0.287. The summed E-state index contributed by atoms with van der Waals surface area (Å²) in [6.07, 6.45) is 10.1. The van der Waals surface area contributed by atoms with Crippen molar-refractivity contribution in [2.45, 2.75) is 20.8 Å². The van der Waals surface area contributed by atoms with Gasteiger partial charge >= 0.3 is 0 Å². The molecule has 15 heavy (non-hydrogen) atoms. The van der Waals surface area contributed by atoms with Crippen molar-refractivity contribution in [3.63, 3.8) is 0 Å². The van der Waals surface area contributed by atoms with Crippen molar-refractivity contribution in [1.82, 2.24) is 0 Å². The van der Waals surface area contributed by atoms with Gasteiger partial charge in [0, 0.05) is 11.0 Å². The largest absolute Gasteiger partial charge is 0.207 e. The van der Waals surface area contributed by atoms with Crippen molar-refractivity contribution >= 4 is 0 Å². The molecule has 0 heterocycles. The maximum absolute atomic E-state index is 12.3. The van der Waals surface area contributed by atoms with Crippen LogP contribution in [0.4, 0.5) is 4.39 Å². The molecule has 0 aliphatic rings. The van der Waals surface area contributed by atoms with E-state index >= 15 is 0 Å². The Labute approximate surface area is 91.5 Å².